The van der Waals surface area contributed by atoms with Crippen LogP contribution in [0.4, 0.5) is 5.82 Å². The first kappa shape index (κ1) is 20.0. The van der Waals surface area contributed by atoms with Crippen LogP contribution in [0.15, 0.2) is 30.3 Å². The summed E-state index contributed by atoms with van der Waals surface area (Å²) in [5.41, 5.74) is 1.82. The normalized spacial score (nSPS) is 16.3. The SMILES string of the molecule is Cc1cc(N2CCN(C(=O)CCCN3C(=O)c4ccccc4C3=O)CC2)nc(C)n1. The minimum Gasteiger partial charge on any atom is -0.353 e. The zero-order valence-corrected chi connectivity index (χ0v) is 17.3. The van der Waals surface area contributed by atoms with Crippen molar-refractivity contribution in [3.05, 3.63) is 53.0 Å². The summed E-state index contributed by atoms with van der Waals surface area (Å²) in [5, 5.41) is 0. The van der Waals surface area contributed by atoms with E-state index in [1.807, 2.05) is 24.8 Å². The highest BCUT2D eigenvalue weighted by atomic mass is 16.2. The molecule has 30 heavy (non-hydrogen) atoms. The number of aromatic nitrogens is 2. The molecule has 2 aliphatic rings. The lowest BCUT2D eigenvalue weighted by molar-refractivity contribution is -0.131. The molecule has 0 radical (unpaired) electrons. The maximum Gasteiger partial charge on any atom is 0.261 e. The van der Waals surface area contributed by atoms with E-state index in [0.717, 1.165) is 30.4 Å². The minimum atomic E-state index is -0.271. The molecule has 0 aliphatic carbocycles. The highest BCUT2D eigenvalue weighted by Gasteiger charge is 2.34. The average Bonchev–Trinajstić information content (AvgIpc) is 2.98. The second kappa shape index (κ2) is 8.22. The second-order valence-corrected chi connectivity index (χ2v) is 7.69. The number of rotatable bonds is 5. The van der Waals surface area contributed by atoms with Crippen molar-refractivity contribution in [3.8, 4) is 0 Å². The molecular weight excluding hydrogens is 382 g/mol. The van der Waals surface area contributed by atoms with E-state index in [4.69, 9.17) is 0 Å². The Morgan fingerprint density at radius 1 is 0.967 bits per heavy atom. The zero-order valence-electron chi connectivity index (χ0n) is 17.3. The summed E-state index contributed by atoms with van der Waals surface area (Å²) in [6, 6.07) is 8.80. The van der Waals surface area contributed by atoms with Crippen molar-refractivity contribution >= 4 is 23.5 Å². The van der Waals surface area contributed by atoms with Gasteiger partial charge in [-0.2, -0.15) is 0 Å². The number of nitrogens with zero attached hydrogens (tertiary/aromatic N) is 5. The molecule has 3 heterocycles. The molecule has 0 bridgehead atoms. The quantitative estimate of drug-likeness (QED) is 0.703. The van der Waals surface area contributed by atoms with Crippen LogP contribution in [-0.2, 0) is 4.79 Å². The lowest BCUT2D eigenvalue weighted by atomic mass is 10.1. The summed E-state index contributed by atoms with van der Waals surface area (Å²) in [4.78, 5) is 51.5. The van der Waals surface area contributed by atoms with Crippen molar-refractivity contribution in [1.29, 1.82) is 0 Å². The van der Waals surface area contributed by atoms with E-state index in [9.17, 15) is 14.4 Å². The molecule has 1 aromatic heterocycles. The van der Waals surface area contributed by atoms with Crippen LogP contribution in [0.25, 0.3) is 0 Å². The smallest absolute Gasteiger partial charge is 0.261 e. The number of aryl methyl sites for hydroxylation is 2. The predicted octanol–water partition coefficient (Wildman–Crippen LogP) is 1.82. The van der Waals surface area contributed by atoms with Gasteiger partial charge in [-0.15, -0.1) is 0 Å². The summed E-state index contributed by atoms with van der Waals surface area (Å²) < 4.78 is 0. The molecule has 3 amide bonds. The number of carbonyl (C=O) groups is 3. The van der Waals surface area contributed by atoms with Crippen LogP contribution in [0.1, 0.15) is 45.1 Å². The van der Waals surface area contributed by atoms with E-state index >= 15 is 0 Å². The molecule has 2 aromatic rings. The number of carbonyl (C=O) groups excluding carboxylic acids is 3. The third kappa shape index (κ3) is 3.90. The predicted molar refractivity (Wildman–Crippen MR) is 111 cm³/mol. The highest BCUT2D eigenvalue weighted by Crippen LogP contribution is 2.23. The van der Waals surface area contributed by atoms with Crippen LogP contribution in [-0.4, -0.2) is 70.2 Å². The van der Waals surface area contributed by atoms with Crippen LogP contribution >= 0.6 is 0 Å². The Bertz CT molecular complexity index is 943. The van der Waals surface area contributed by atoms with Gasteiger partial charge in [-0.1, -0.05) is 12.1 Å². The lowest BCUT2D eigenvalue weighted by Crippen LogP contribution is -2.49. The molecule has 8 heteroatoms. The standard InChI is InChI=1S/C22H25N5O3/c1-15-14-19(24-16(2)23-15)25-10-12-26(13-11-25)20(28)8-5-9-27-21(29)17-6-3-4-7-18(17)22(27)30/h3-4,6-7,14H,5,8-13H2,1-2H3. The van der Waals surface area contributed by atoms with Crippen LogP contribution in [0, 0.1) is 13.8 Å². The first-order chi connectivity index (χ1) is 14.4. The van der Waals surface area contributed by atoms with E-state index in [2.05, 4.69) is 14.9 Å². The molecule has 0 atom stereocenters. The largest absolute Gasteiger partial charge is 0.353 e. The Balaban J connectivity index is 1.26. The van der Waals surface area contributed by atoms with Crippen molar-refractivity contribution in [2.24, 2.45) is 0 Å². The third-order valence-corrected chi connectivity index (χ3v) is 5.56. The van der Waals surface area contributed by atoms with Gasteiger partial charge < -0.3 is 9.80 Å². The fourth-order valence-electron chi connectivity index (χ4n) is 4.03. The van der Waals surface area contributed by atoms with Gasteiger partial charge in [0, 0.05) is 50.9 Å². The van der Waals surface area contributed by atoms with E-state index in [1.165, 1.54) is 4.90 Å². The topological polar surface area (TPSA) is 86.7 Å². The summed E-state index contributed by atoms with van der Waals surface area (Å²) in [6.07, 6.45) is 0.786. The number of benzene rings is 1. The van der Waals surface area contributed by atoms with Gasteiger partial charge in [0.25, 0.3) is 11.8 Å². The number of fused-ring (bicyclic) bond motifs is 1. The number of hydrogen-bond donors (Lipinski definition) is 0. The summed E-state index contributed by atoms with van der Waals surface area (Å²) in [5.74, 6) is 1.16. The molecule has 2 aliphatic heterocycles. The molecule has 0 N–H and O–H groups in total. The van der Waals surface area contributed by atoms with Gasteiger partial charge in [-0.25, -0.2) is 9.97 Å². The number of piperazine rings is 1. The van der Waals surface area contributed by atoms with E-state index in [0.29, 0.717) is 37.1 Å². The molecule has 0 spiro atoms. The van der Waals surface area contributed by atoms with Crippen molar-refractivity contribution < 1.29 is 14.4 Å². The first-order valence-electron chi connectivity index (χ1n) is 10.2. The fourth-order valence-corrected chi connectivity index (χ4v) is 4.03. The molecule has 4 rings (SSSR count). The Labute approximate surface area is 175 Å². The molecule has 1 aromatic carbocycles. The Kier molecular flexibility index (Phi) is 5.48. The number of amides is 3. The number of hydrogen-bond acceptors (Lipinski definition) is 6. The van der Waals surface area contributed by atoms with Gasteiger partial charge in [0.05, 0.1) is 11.1 Å². The third-order valence-electron chi connectivity index (χ3n) is 5.56. The van der Waals surface area contributed by atoms with Gasteiger partial charge in [-0.05, 0) is 32.4 Å². The van der Waals surface area contributed by atoms with Crippen molar-refractivity contribution in [1.82, 2.24) is 19.8 Å². The molecule has 1 saturated heterocycles. The van der Waals surface area contributed by atoms with Crippen LogP contribution in [0.5, 0.6) is 0 Å². The molecular formula is C22H25N5O3. The number of anilines is 1. The van der Waals surface area contributed by atoms with Gasteiger partial charge >= 0.3 is 0 Å². The molecule has 0 unspecified atom stereocenters. The summed E-state index contributed by atoms with van der Waals surface area (Å²) in [7, 11) is 0. The van der Waals surface area contributed by atoms with E-state index in [-0.39, 0.29) is 24.3 Å². The van der Waals surface area contributed by atoms with Gasteiger partial charge in [0.15, 0.2) is 0 Å². The van der Waals surface area contributed by atoms with Gasteiger partial charge in [-0.3, -0.25) is 19.3 Å². The average molecular weight is 407 g/mol. The first-order valence-corrected chi connectivity index (χ1v) is 10.2. The minimum absolute atomic E-state index is 0.0568. The second-order valence-electron chi connectivity index (χ2n) is 7.69. The van der Waals surface area contributed by atoms with Crippen molar-refractivity contribution in [2.75, 3.05) is 37.6 Å². The van der Waals surface area contributed by atoms with E-state index < -0.39 is 0 Å². The zero-order chi connectivity index (χ0) is 21.3. The maximum absolute atomic E-state index is 12.6. The van der Waals surface area contributed by atoms with Crippen LogP contribution < -0.4 is 4.90 Å². The molecule has 1 fully saturated rings. The Morgan fingerprint density at radius 2 is 1.60 bits per heavy atom. The lowest BCUT2D eigenvalue weighted by Gasteiger charge is -2.35. The summed E-state index contributed by atoms with van der Waals surface area (Å²) >= 11 is 0. The van der Waals surface area contributed by atoms with Crippen LogP contribution in [0.2, 0.25) is 0 Å². The van der Waals surface area contributed by atoms with Crippen molar-refractivity contribution in [2.45, 2.75) is 26.7 Å². The molecule has 0 saturated carbocycles. The maximum atomic E-state index is 12.6. The van der Waals surface area contributed by atoms with Crippen LogP contribution in [0.3, 0.4) is 0 Å². The van der Waals surface area contributed by atoms with E-state index in [1.54, 1.807) is 24.3 Å². The fraction of sp³-hybridized carbons (Fsp3) is 0.409. The molecule has 8 nitrogen and oxygen atoms in total. The van der Waals surface area contributed by atoms with Gasteiger partial charge in [0.1, 0.15) is 11.6 Å². The highest BCUT2D eigenvalue weighted by molar-refractivity contribution is 6.21. The Morgan fingerprint density at radius 3 is 2.20 bits per heavy atom. The van der Waals surface area contributed by atoms with Crippen molar-refractivity contribution in [3.63, 3.8) is 0 Å². The summed E-state index contributed by atoms with van der Waals surface area (Å²) in [6.45, 7) is 6.80. The monoisotopic (exact) mass is 407 g/mol. The Hall–Kier alpha value is -3.29. The van der Waals surface area contributed by atoms with Gasteiger partial charge in [0.2, 0.25) is 5.91 Å². The number of imide groups is 1. The molecule has 156 valence electrons.